The first-order chi connectivity index (χ1) is 14.1. The van der Waals surface area contributed by atoms with E-state index in [2.05, 4.69) is 5.32 Å². The van der Waals surface area contributed by atoms with Crippen LogP contribution in [0.1, 0.15) is 17.3 Å². The topological polar surface area (TPSA) is 102 Å². The normalized spacial score (nSPS) is 15.7. The smallest absolute Gasteiger partial charge is 0.339 e. The van der Waals surface area contributed by atoms with Gasteiger partial charge in [0.25, 0.3) is 5.91 Å². The molecule has 0 fully saturated rings. The van der Waals surface area contributed by atoms with Crippen LogP contribution in [0.2, 0.25) is 10.0 Å². The Morgan fingerprint density at radius 1 is 1.23 bits per heavy atom. The summed E-state index contributed by atoms with van der Waals surface area (Å²) in [4.78, 5) is 24.8. The van der Waals surface area contributed by atoms with Crippen LogP contribution in [-0.4, -0.2) is 45.8 Å². The Morgan fingerprint density at radius 2 is 1.97 bits per heavy atom. The number of hydrogen-bond acceptors (Lipinski definition) is 6. The zero-order valence-corrected chi connectivity index (χ0v) is 18.3. The number of hydrogen-bond donors (Lipinski definition) is 1. The van der Waals surface area contributed by atoms with Crippen LogP contribution < -0.4 is 14.4 Å². The summed E-state index contributed by atoms with van der Waals surface area (Å²) in [6.07, 6.45) is -0.0990. The van der Waals surface area contributed by atoms with Crippen LogP contribution in [-0.2, 0) is 19.6 Å². The molecule has 0 saturated heterocycles. The first-order valence-electron chi connectivity index (χ1n) is 8.81. The predicted octanol–water partition coefficient (Wildman–Crippen LogP) is 3.34. The quantitative estimate of drug-likeness (QED) is 0.669. The minimum atomic E-state index is -3.69. The number of esters is 1. The Bertz CT molecular complexity index is 1110. The third kappa shape index (κ3) is 4.80. The van der Waals surface area contributed by atoms with Gasteiger partial charge >= 0.3 is 5.97 Å². The number of anilines is 2. The number of nitrogens with one attached hydrogen (secondary N) is 1. The number of benzene rings is 2. The van der Waals surface area contributed by atoms with Crippen molar-refractivity contribution >= 4 is 56.5 Å². The molecule has 1 heterocycles. The molecule has 11 heteroatoms. The SMILES string of the molecule is CCOC(=O)c1cc(NC(=O)[C@@H]2CN(S(C)(=O)=O)c3cc(Cl)ccc3O2)ccc1Cl. The standard InChI is InChI=1S/C19H18Cl2N2O6S/c1-3-28-19(25)13-9-12(5-6-14(13)21)22-18(24)17-10-23(30(2,26)27)15-8-11(20)4-7-16(15)29-17/h4-9,17H,3,10H2,1-2H3,(H,22,24)/t17-/m0/s1. The average Bonchev–Trinajstić information content (AvgIpc) is 2.67. The van der Waals surface area contributed by atoms with Gasteiger partial charge < -0.3 is 14.8 Å². The van der Waals surface area contributed by atoms with E-state index in [1.54, 1.807) is 6.92 Å². The van der Waals surface area contributed by atoms with Crippen molar-refractivity contribution in [3.05, 3.63) is 52.0 Å². The largest absolute Gasteiger partial charge is 0.476 e. The summed E-state index contributed by atoms with van der Waals surface area (Å²) in [5, 5.41) is 3.12. The summed E-state index contributed by atoms with van der Waals surface area (Å²) in [7, 11) is -3.69. The van der Waals surface area contributed by atoms with Gasteiger partial charge in [-0.1, -0.05) is 23.2 Å². The average molecular weight is 473 g/mol. The van der Waals surface area contributed by atoms with Gasteiger partial charge in [-0.3, -0.25) is 9.10 Å². The van der Waals surface area contributed by atoms with Gasteiger partial charge in [0.1, 0.15) is 5.75 Å². The van der Waals surface area contributed by atoms with E-state index >= 15 is 0 Å². The van der Waals surface area contributed by atoms with E-state index in [1.807, 2.05) is 0 Å². The van der Waals surface area contributed by atoms with Gasteiger partial charge in [0, 0.05) is 10.7 Å². The number of sulfonamides is 1. The van der Waals surface area contributed by atoms with Gasteiger partial charge in [0.05, 0.1) is 35.7 Å². The zero-order chi connectivity index (χ0) is 22.1. The Hall–Kier alpha value is -2.49. The molecule has 1 aliphatic heterocycles. The van der Waals surface area contributed by atoms with Crippen molar-refractivity contribution < 1.29 is 27.5 Å². The molecule has 2 aromatic carbocycles. The summed E-state index contributed by atoms with van der Waals surface area (Å²) in [6, 6.07) is 8.82. The van der Waals surface area contributed by atoms with E-state index in [1.165, 1.54) is 36.4 Å². The number of nitrogens with zero attached hydrogens (tertiary/aromatic N) is 1. The fourth-order valence-electron chi connectivity index (χ4n) is 2.87. The van der Waals surface area contributed by atoms with Crippen LogP contribution in [0.5, 0.6) is 5.75 Å². The molecule has 1 N–H and O–H groups in total. The summed E-state index contributed by atoms with van der Waals surface area (Å²) >= 11 is 12.0. The first-order valence-corrected chi connectivity index (χ1v) is 11.4. The van der Waals surface area contributed by atoms with Crippen molar-refractivity contribution in [3.63, 3.8) is 0 Å². The highest BCUT2D eigenvalue weighted by molar-refractivity contribution is 7.92. The molecule has 0 bridgehead atoms. The second kappa shape index (κ2) is 8.71. The molecule has 160 valence electrons. The maximum atomic E-state index is 12.8. The second-order valence-electron chi connectivity index (χ2n) is 6.42. The van der Waals surface area contributed by atoms with Gasteiger partial charge in [-0.05, 0) is 43.3 Å². The molecule has 2 aromatic rings. The van der Waals surface area contributed by atoms with E-state index < -0.39 is 28.0 Å². The monoisotopic (exact) mass is 472 g/mol. The molecule has 1 aliphatic rings. The molecule has 0 radical (unpaired) electrons. The minimum Gasteiger partial charge on any atom is -0.476 e. The van der Waals surface area contributed by atoms with Crippen LogP contribution in [0.3, 0.4) is 0 Å². The molecule has 3 rings (SSSR count). The van der Waals surface area contributed by atoms with Gasteiger partial charge in [-0.25, -0.2) is 13.2 Å². The van der Waals surface area contributed by atoms with Crippen molar-refractivity contribution in [2.45, 2.75) is 13.0 Å². The number of ether oxygens (including phenoxy) is 2. The Labute approximate surface area is 183 Å². The van der Waals surface area contributed by atoms with Crippen molar-refractivity contribution in [2.75, 3.05) is 29.0 Å². The summed E-state index contributed by atoms with van der Waals surface area (Å²) in [6.45, 7) is 1.60. The number of carbonyl (C=O) groups is 2. The first kappa shape index (κ1) is 22.2. The van der Waals surface area contributed by atoms with E-state index in [0.29, 0.717) is 5.02 Å². The van der Waals surface area contributed by atoms with Crippen LogP contribution in [0.15, 0.2) is 36.4 Å². The molecule has 0 aromatic heterocycles. The van der Waals surface area contributed by atoms with E-state index in [9.17, 15) is 18.0 Å². The van der Waals surface area contributed by atoms with Crippen molar-refractivity contribution in [2.24, 2.45) is 0 Å². The molecule has 0 saturated carbocycles. The van der Waals surface area contributed by atoms with Gasteiger partial charge in [-0.2, -0.15) is 0 Å². The molecular weight excluding hydrogens is 455 g/mol. The van der Waals surface area contributed by atoms with Crippen molar-refractivity contribution in [3.8, 4) is 5.75 Å². The van der Waals surface area contributed by atoms with Crippen LogP contribution in [0, 0.1) is 0 Å². The van der Waals surface area contributed by atoms with Crippen LogP contribution in [0.4, 0.5) is 11.4 Å². The van der Waals surface area contributed by atoms with Gasteiger partial charge in [0.15, 0.2) is 6.10 Å². The molecule has 0 unspecified atom stereocenters. The van der Waals surface area contributed by atoms with E-state index in [0.717, 1.165) is 10.6 Å². The summed E-state index contributed by atoms with van der Waals surface area (Å²) < 4.78 is 36.2. The lowest BCUT2D eigenvalue weighted by atomic mass is 10.1. The van der Waals surface area contributed by atoms with Gasteiger partial charge in [0.2, 0.25) is 10.0 Å². The lowest BCUT2D eigenvalue weighted by Gasteiger charge is -2.34. The lowest BCUT2D eigenvalue weighted by molar-refractivity contribution is -0.122. The number of halogens is 2. The molecule has 0 aliphatic carbocycles. The maximum absolute atomic E-state index is 12.8. The third-order valence-electron chi connectivity index (χ3n) is 4.21. The van der Waals surface area contributed by atoms with E-state index in [4.69, 9.17) is 32.7 Å². The molecule has 30 heavy (non-hydrogen) atoms. The fraction of sp³-hybridized carbons (Fsp3) is 0.263. The van der Waals surface area contributed by atoms with E-state index in [-0.39, 0.29) is 40.9 Å². The number of fused-ring (bicyclic) bond motifs is 1. The number of amides is 1. The fourth-order valence-corrected chi connectivity index (χ4v) is 4.13. The predicted molar refractivity (Wildman–Crippen MR) is 114 cm³/mol. The molecule has 0 spiro atoms. The Kier molecular flexibility index (Phi) is 6.44. The maximum Gasteiger partial charge on any atom is 0.339 e. The summed E-state index contributed by atoms with van der Waals surface area (Å²) in [5.74, 6) is -1.01. The van der Waals surface area contributed by atoms with Crippen molar-refractivity contribution in [1.29, 1.82) is 0 Å². The third-order valence-corrected chi connectivity index (χ3v) is 5.92. The van der Waals surface area contributed by atoms with Crippen LogP contribution in [0.25, 0.3) is 0 Å². The highest BCUT2D eigenvalue weighted by atomic mass is 35.5. The lowest BCUT2D eigenvalue weighted by Crippen LogP contribution is -2.48. The zero-order valence-electron chi connectivity index (χ0n) is 16.0. The number of rotatable bonds is 5. The molecule has 1 atom stereocenters. The highest BCUT2D eigenvalue weighted by Gasteiger charge is 2.35. The molecule has 1 amide bonds. The number of carbonyl (C=O) groups excluding carboxylic acids is 2. The van der Waals surface area contributed by atoms with Crippen molar-refractivity contribution in [1.82, 2.24) is 0 Å². The second-order valence-corrected chi connectivity index (χ2v) is 9.17. The molecular formula is C19H18Cl2N2O6S. The summed E-state index contributed by atoms with van der Waals surface area (Å²) in [5.41, 5.74) is 0.632. The Morgan fingerprint density at radius 3 is 2.63 bits per heavy atom. The van der Waals surface area contributed by atoms with Gasteiger partial charge in [-0.15, -0.1) is 0 Å². The molecule has 8 nitrogen and oxygen atoms in total. The van der Waals surface area contributed by atoms with Crippen LogP contribution >= 0.6 is 23.2 Å². The Balaban J connectivity index is 1.85. The highest BCUT2D eigenvalue weighted by Crippen LogP contribution is 2.37. The minimum absolute atomic E-state index is 0.0960.